The fourth-order valence-corrected chi connectivity index (χ4v) is 2.47. The van der Waals surface area contributed by atoms with Gasteiger partial charge in [0.05, 0.1) is 29.7 Å². The Morgan fingerprint density at radius 2 is 1.90 bits per heavy atom. The molecule has 2 rings (SSSR count). The van der Waals surface area contributed by atoms with E-state index in [0.717, 1.165) is 9.88 Å². The molecule has 21 heavy (non-hydrogen) atoms. The monoisotopic (exact) mass is 309 g/mol. The smallest absolute Gasteiger partial charge is 0.335 e. The number of hydrogen-bond acceptors (Lipinski definition) is 6. The maximum absolute atomic E-state index is 11.1. The molecule has 0 unspecified atom stereocenters. The SMILES string of the molecule is COc1cc(C(=O)O)cc(OC)c1OCc1cnc(C)s1. The van der Waals surface area contributed by atoms with Crippen LogP contribution in [0, 0.1) is 6.92 Å². The lowest BCUT2D eigenvalue weighted by Crippen LogP contribution is -2.03. The summed E-state index contributed by atoms with van der Waals surface area (Å²) in [7, 11) is 2.90. The van der Waals surface area contributed by atoms with Crippen molar-refractivity contribution >= 4 is 17.3 Å². The first-order valence-corrected chi connectivity index (χ1v) is 6.90. The highest BCUT2D eigenvalue weighted by Gasteiger charge is 2.17. The molecule has 0 fully saturated rings. The topological polar surface area (TPSA) is 77.9 Å². The number of benzene rings is 1. The summed E-state index contributed by atoms with van der Waals surface area (Å²) < 4.78 is 16.1. The van der Waals surface area contributed by atoms with E-state index in [1.165, 1.54) is 37.7 Å². The van der Waals surface area contributed by atoms with E-state index in [4.69, 9.17) is 19.3 Å². The molecule has 1 N–H and O–H groups in total. The molecule has 1 aromatic carbocycles. The van der Waals surface area contributed by atoms with Crippen molar-refractivity contribution in [2.45, 2.75) is 13.5 Å². The Hall–Kier alpha value is -2.28. The minimum atomic E-state index is -1.06. The van der Waals surface area contributed by atoms with Gasteiger partial charge in [0.2, 0.25) is 5.75 Å². The predicted molar refractivity (Wildman–Crippen MR) is 77.7 cm³/mol. The number of carbonyl (C=O) groups is 1. The van der Waals surface area contributed by atoms with E-state index in [0.29, 0.717) is 23.9 Å². The van der Waals surface area contributed by atoms with Gasteiger partial charge in [-0.3, -0.25) is 0 Å². The average Bonchev–Trinajstić information content (AvgIpc) is 2.89. The number of rotatable bonds is 6. The van der Waals surface area contributed by atoms with E-state index in [1.54, 1.807) is 6.20 Å². The van der Waals surface area contributed by atoms with Crippen molar-refractivity contribution in [3.05, 3.63) is 33.8 Å². The lowest BCUT2D eigenvalue weighted by Gasteiger charge is -2.14. The first kappa shape index (κ1) is 15.1. The van der Waals surface area contributed by atoms with Gasteiger partial charge in [0.1, 0.15) is 6.61 Å². The summed E-state index contributed by atoms with van der Waals surface area (Å²) in [5.74, 6) is -0.0618. The van der Waals surface area contributed by atoms with Gasteiger partial charge in [-0.05, 0) is 19.1 Å². The van der Waals surface area contributed by atoms with Crippen molar-refractivity contribution in [1.29, 1.82) is 0 Å². The Labute approximate surface area is 125 Å². The number of carboxylic acid groups (broad SMARTS) is 1. The van der Waals surface area contributed by atoms with Crippen molar-refractivity contribution in [1.82, 2.24) is 4.98 Å². The highest BCUT2D eigenvalue weighted by molar-refractivity contribution is 7.11. The molecule has 6 nitrogen and oxygen atoms in total. The van der Waals surface area contributed by atoms with Gasteiger partial charge in [0.15, 0.2) is 11.5 Å². The maximum atomic E-state index is 11.1. The van der Waals surface area contributed by atoms with Gasteiger partial charge in [0, 0.05) is 6.20 Å². The third-order valence-corrected chi connectivity index (χ3v) is 3.62. The van der Waals surface area contributed by atoms with E-state index in [1.807, 2.05) is 6.92 Å². The Bertz CT molecular complexity index is 628. The fraction of sp³-hybridized carbons (Fsp3) is 0.286. The quantitative estimate of drug-likeness (QED) is 0.884. The fourth-order valence-electron chi connectivity index (χ4n) is 1.76. The Morgan fingerprint density at radius 3 is 2.33 bits per heavy atom. The van der Waals surface area contributed by atoms with Crippen LogP contribution in [0.15, 0.2) is 18.3 Å². The van der Waals surface area contributed by atoms with Crippen LogP contribution >= 0.6 is 11.3 Å². The molecule has 112 valence electrons. The third kappa shape index (κ3) is 3.43. The van der Waals surface area contributed by atoms with Gasteiger partial charge in [-0.2, -0.15) is 0 Å². The van der Waals surface area contributed by atoms with E-state index >= 15 is 0 Å². The van der Waals surface area contributed by atoms with Crippen LogP contribution in [-0.2, 0) is 6.61 Å². The van der Waals surface area contributed by atoms with Gasteiger partial charge in [-0.15, -0.1) is 11.3 Å². The number of aromatic nitrogens is 1. The number of nitrogens with zero attached hydrogens (tertiary/aromatic N) is 1. The number of carboxylic acids is 1. The van der Waals surface area contributed by atoms with E-state index in [9.17, 15) is 4.79 Å². The Morgan fingerprint density at radius 1 is 1.29 bits per heavy atom. The van der Waals surface area contributed by atoms with Gasteiger partial charge in [-0.25, -0.2) is 9.78 Å². The summed E-state index contributed by atoms with van der Waals surface area (Å²) in [5, 5.41) is 10.0. The molecule has 0 saturated carbocycles. The highest BCUT2D eigenvalue weighted by Crippen LogP contribution is 2.39. The zero-order valence-electron chi connectivity index (χ0n) is 11.9. The lowest BCUT2D eigenvalue weighted by molar-refractivity contribution is 0.0696. The van der Waals surface area contributed by atoms with Crippen molar-refractivity contribution < 1.29 is 24.1 Å². The van der Waals surface area contributed by atoms with Crippen molar-refractivity contribution in [2.24, 2.45) is 0 Å². The standard InChI is InChI=1S/C14H15NO5S/c1-8-15-6-10(21-8)7-20-13-11(18-2)4-9(14(16)17)5-12(13)19-3/h4-6H,7H2,1-3H3,(H,16,17). The minimum Gasteiger partial charge on any atom is -0.493 e. The molecule has 0 spiro atoms. The molecule has 0 aliphatic carbocycles. The summed E-state index contributed by atoms with van der Waals surface area (Å²) in [4.78, 5) is 16.2. The number of hydrogen-bond donors (Lipinski definition) is 1. The number of aryl methyl sites for hydroxylation is 1. The van der Waals surface area contributed by atoms with Gasteiger partial charge >= 0.3 is 5.97 Å². The van der Waals surface area contributed by atoms with Crippen LogP contribution in [0.2, 0.25) is 0 Å². The van der Waals surface area contributed by atoms with Crippen LogP contribution in [0.5, 0.6) is 17.2 Å². The molecule has 0 bridgehead atoms. The molecule has 0 radical (unpaired) electrons. The van der Waals surface area contributed by atoms with Gasteiger partial charge in [0.25, 0.3) is 0 Å². The maximum Gasteiger partial charge on any atom is 0.335 e. The van der Waals surface area contributed by atoms with Crippen LogP contribution in [-0.4, -0.2) is 30.3 Å². The summed E-state index contributed by atoms with van der Waals surface area (Å²) >= 11 is 1.53. The zero-order valence-corrected chi connectivity index (χ0v) is 12.7. The molecule has 0 aliphatic heterocycles. The molecule has 0 saturated heterocycles. The Kier molecular flexibility index (Phi) is 4.64. The highest BCUT2D eigenvalue weighted by atomic mass is 32.1. The molecular formula is C14H15NO5S. The molecule has 1 aromatic heterocycles. The van der Waals surface area contributed by atoms with Gasteiger partial charge < -0.3 is 19.3 Å². The summed E-state index contributed by atoms with van der Waals surface area (Å²) in [6.45, 7) is 2.22. The van der Waals surface area contributed by atoms with Crippen LogP contribution in [0.4, 0.5) is 0 Å². The van der Waals surface area contributed by atoms with E-state index < -0.39 is 5.97 Å². The second-order valence-corrected chi connectivity index (χ2v) is 5.47. The first-order valence-electron chi connectivity index (χ1n) is 6.08. The average molecular weight is 309 g/mol. The van der Waals surface area contributed by atoms with Crippen LogP contribution < -0.4 is 14.2 Å². The molecule has 0 atom stereocenters. The number of methoxy groups -OCH3 is 2. The molecule has 1 heterocycles. The predicted octanol–water partition coefficient (Wildman–Crippen LogP) is 2.75. The largest absolute Gasteiger partial charge is 0.493 e. The Balaban J connectivity index is 2.30. The lowest BCUT2D eigenvalue weighted by atomic mass is 10.2. The molecule has 7 heteroatoms. The number of thiazole rings is 1. The van der Waals surface area contributed by atoms with Crippen LogP contribution in [0.1, 0.15) is 20.2 Å². The van der Waals surface area contributed by atoms with E-state index in [-0.39, 0.29) is 5.56 Å². The zero-order chi connectivity index (χ0) is 15.4. The van der Waals surface area contributed by atoms with E-state index in [2.05, 4.69) is 4.98 Å². The number of aromatic carboxylic acids is 1. The van der Waals surface area contributed by atoms with Crippen LogP contribution in [0.25, 0.3) is 0 Å². The summed E-state index contributed by atoms with van der Waals surface area (Å²) in [5.41, 5.74) is 0.0738. The molecular weight excluding hydrogens is 294 g/mol. The third-order valence-electron chi connectivity index (χ3n) is 2.74. The van der Waals surface area contributed by atoms with Crippen molar-refractivity contribution in [3.8, 4) is 17.2 Å². The van der Waals surface area contributed by atoms with Crippen LogP contribution in [0.3, 0.4) is 0 Å². The molecule has 0 amide bonds. The second-order valence-electron chi connectivity index (χ2n) is 4.15. The van der Waals surface area contributed by atoms with Crippen molar-refractivity contribution in [2.75, 3.05) is 14.2 Å². The number of ether oxygens (including phenoxy) is 3. The molecule has 0 aliphatic rings. The normalized spacial score (nSPS) is 10.2. The summed E-state index contributed by atoms with van der Waals surface area (Å²) in [6.07, 6.45) is 1.74. The van der Waals surface area contributed by atoms with Crippen molar-refractivity contribution in [3.63, 3.8) is 0 Å². The summed E-state index contributed by atoms with van der Waals surface area (Å²) in [6, 6.07) is 2.80. The molecule has 2 aromatic rings. The van der Waals surface area contributed by atoms with Gasteiger partial charge in [-0.1, -0.05) is 0 Å². The first-order chi connectivity index (χ1) is 10.0. The second kappa shape index (κ2) is 6.45. The minimum absolute atomic E-state index is 0.0738.